The molecule has 5 N–H and O–H groups in total. The molecule has 6 heteroatoms. The van der Waals surface area contributed by atoms with E-state index < -0.39 is 30.7 Å². The molecule has 0 amide bonds. The van der Waals surface area contributed by atoms with E-state index in [0.29, 0.717) is 0 Å². The molecule has 1 aliphatic heterocycles. The van der Waals surface area contributed by atoms with Gasteiger partial charge in [0.2, 0.25) is 0 Å². The average molecular weight is 193 g/mol. The SMILES string of the molecule is CO[C@H]1O[C@@H](CN)[C@@H](O)[C@@H](O)[C@H]1O. The van der Waals surface area contributed by atoms with Crippen LogP contribution < -0.4 is 5.73 Å². The predicted molar refractivity (Wildman–Crippen MR) is 42.7 cm³/mol. The Bertz CT molecular complexity index is 147. The Hall–Kier alpha value is -0.240. The van der Waals surface area contributed by atoms with Crippen LogP contribution in [0.5, 0.6) is 0 Å². The fraction of sp³-hybridized carbons (Fsp3) is 1.00. The maximum Gasteiger partial charge on any atom is 0.186 e. The van der Waals surface area contributed by atoms with E-state index in [-0.39, 0.29) is 6.54 Å². The Morgan fingerprint density at radius 1 is 1.23 bits per heavy atom. The highest BCUT2D eigenvalue weighted by Crippen LogP contribution is 2.20. The molecule has 0 radical (unpaired) electrons. The smallest absolute Gasteiger partial charge is 0.186 e. The summed E-state index contributed by atoms with van der Waals surface area (Å²) in [5.41, 5.74) is 5.28. The van der Waals surface area contributed by atoms with Gasteiger partial charge < -0.3 is 30.5 Å². The first kappa shape index (κ1) is 10.8. The Morgan fingerprint density at radius 2 is 1.85 bits per heavy atom. The van der Waals surface area contributed by atoms with Crippen LogP contribution in [0.15, 0.2) is 0 Å². The van der Waals surface area contributed by atoms with Crippen LogP contribution in [0.3, 0.4) is 0 Å². The van der Waals surface area contributed by atoms with E-state index >= 15 is 0 Å². The van der Waals surface area contributed by atoms with Crippen molar-refractivity contribution < 1.29 is 24.8 Å². The molecule has 0 aromatic heterocycles. The summed E-state index contributed by atoms with van der Waals surface area (Å²) < 4.78 is 9.83. The molecule has 1 aliphatic rings. The highest BCUT2D eigenvalue weighted by atomic mass is 16.7. The van der Waals surface area contributed by atoms with Gasteiger partial charge in [0.1, 0.15) is 24.4 Å². The molecule has 0 aromatic rings. The van der Waals surface area contributed by atoms with E-state index in [4.69, 9.17) is 15.2 Å². The highest BCUT2D eigenvalue weighted by Gasteiger charge is 2.43. The molecule has 0 unspecified atom stereocenters. The van der Waals surface area contributed by atoms with Gasteiger partial charge in [0.05, 0.1) is 0 Å². The average Bonchev–Trinajstić information content (AvgIpc) is 2.15. The lowest BCUT2D eigenvalue weighted by molar-refractivity contribution is -0.287. The van der Waals surface area contributed by atoms with Crippen LogP contribution in [0.4, 0.5) is 0 Å². The van der Waals surface area contributed by atoms with Crippen molar-refractivity contribution in [1.29, 1.82) is 0 Å². The standard InChI is InChI=1S/C7H15NO5/c1-12-7-6(11)5(10)4(9)3(2-8)13-7/h3-7,9-11H,2,8H2,1H3/t3-,4+,5+,6+,7-/m0/s1. The molecule has 0 spiro atoms. The summed E-state index contributed by atoms with van der Waals surface area (Å²) in [5.74, 6) is 0. The summed E-state index contributed by atoms with van der Waals surface area (Å²) in [6, 6.07) is 0. The van der Waals surface area contributed by atoms with E-state index in [1.54, 1.807) is 0 Å². The van der Waals surface area contributed by atoms with E-state index in [2.05, 4.69) is 0 Å². The molecule has 0 aromatic carbocycles. The third kappa shape index (κ3) is 1.98. The third-order valence-electron chi connectivity index (χ3n) is 2.13. The molecular weight excluding hydrogens is 178 g/mol. The van der Waals surface area contributed by atoms with Crippen LogP contribution in [0.1, 0.15) is 0 Å². The molecule has 13 heavy (non-hydrogen) atoms. The van der Waals surface area contributed by atoms with Gasteiger partial charge in [0.25, 0.3) is 0 Å². The van der Waals surface area contributed by atoms with Crippen molar-refractivity contribution in [2.75, 3.05) is 13.7 Å². The highest BCUT2D eigenvalue weighted by molar-refractivity contribution is 4.89. The Balaban J connectivity index is 2.66. The first-order valence-corrected chi connectivity index (χ1v) is 4.04. The Labute approximate surface area is 75.9 Å². The van der Waals surface area contributed by atoms with Gasteiger partial charge >= 0.3 is 0 Å². The van der Waals surface area contributed by atoms with Crippen LogP contribution in [-0.4, -0.2) is 59.7 Å². The quantitative estimate of drug-likeness (QED) is 0.383. The minimum absolute atomic E-state index is 0.0603. The van der Waals surface area contributed by atoms with Gasteiger partial charge in [-0.15, -0.1) is 0 Å². The Kier molecular flexibility index (Phi) is 3.60. The first-order valence-electron chi connectivity index (χ1n) is 4.04. The number of hydrogen-bond donors (Lipinski definition) is 4. The largest absolute Gasteiger partial charge is 0.388 e. The van der Waals surface area contributed by atoms with Crippen molar-refractivity contribution in [3.8, 4) is 0 Å². The second-order valence-corrected chi connectivity index (χ2v) is 2.99. The maximum absolute atomic E-state index is 9.35. The predicted octanol–water partition coefficient (Wildman–Crippen LogP) is -2.60. The number of methoxy groups -OCH3 is 1. The molecule has 1 saturated heterocycles. The number of rotatable bonds is 2. The van der Waals surface area contributed by atoms with Crippen molar-refractivity contribution in [3.05, 3.63) is 0 Å². The number of aliphatic hydroxyl groups is 3. The molecule has 1 fully saturated rings. The van der Waals surface area contributed by atoms with Gasteiger partial charge in [-0.25, -0.2) is 0 Å². The number of nitrogens with two attached hydrogens (primary N) is 1. The Morgan fingerprint density at radius 3 is 2.31 bits per heavy atom. The van der Waals surface area contributed by atoms with Crippen molar-refractivity contribution in [1.82, 2.24) is 0 Å². The van der Waals surface area contributed by atoms with Crippen molar-refractivity contribution in [2.24, 2.45) is 5.73 Å². The zero-order valence-electron chi connectivity index (χ0n) is 7.33. The maximum atomic E-state index is 9.35. The van der Waals surface area contributed by atoms with Crippen LogP contribution >= 0.6 is 0 Å². The summed E-state index contributed by atoms with van der Waals surface area (Å²) in [5, 5.41) is 28.0. The number of aliphatic hydroxyl groups excluding tert-OH is 3. The van der Waals surface area contributed by atoms with E-state index in [1.165, 1.54) is 7.11 Å². The fourth-order valence-electron chi connectivity index (χ4n) is 1.31. The van der Waals surface area contributed by atoms with Crippen molar-refractivity contribution in [3.63, 3.8) is 0 Å². The van der Waals surface area contributed by atoms with Crippen LogP contribution in [0.25, 0.3) is 0 Å². The zero-order valence-corrected chi connectivity index (χ0v) is 7.33. The lowest BCUT2D eigenvalue weighted by Gasteiger charge is -2.39. The van der Waals surface area contributed by atoms with Gasteiger partial charge in [-0.3, -0.25) is 0 Å². The van der Waals surface area contributed by atoms with Crippen LogP contribution in [0, 0.1) is 0 Å². The van der Waals surface area contributed by atoms with Crippen LogP contribution in [-0.2, 0) is 9.47 Å². The molecule has 0 saturated carbocycles. The molecule has 78 valence electrons. The monoisotopic (exact) mass is 193 g/mol. The zero-order chi connectivity index (χ0) is 10.0. The number of hydrogen-bond acceptors (Lipinski definition) is 6. The van der Waals surface area contributed by atoms with Gasteiger partial charge in [0, 0.05) is 13.7 Å². The summed E-state index contributed by atoms with van der Waals surface area (Å²) in [6.07, 6.45) is -5.35. The summed E-state index contributed by atoms with van der Waals surface area (Å²) in [4.78, 5) is 0. The minimum Gasteiger partial charge on any atom is -0.388 e. The molecule has 0 aliphatic carbocycles. The molecule has 6 nitrogen and oxygen atoms in total. The molecule has 1 heterocycles. The minimum atomic E-state index is -1.28. The normalized spacial score (nSPS) is 46.4. The summed E-state index contributed by atoms with van der Waals surface area (Å²) >= 11 is 0. The van der Waals surface area contributed by atoms with Gasteiger partial charge in [0.15, 0.2) is 6.29 Å². The van der Waals surface area contributed by atoms with E-state index in [0.717, 1.165) is 0 Å². The van der Waals surface area contributed by atoms with Gasteiger partial charge in [-0.05, 0) is 0 Å². The molecule has 0 bridgehead atoms. The first-order chi connectivity index (χ1) is 6.11. The summed E-state index contributed by atoms with van der Waals surface area (Å²) in [6.45, 7) is 0.0603. The molecule has 5 atom stereocenters. The lowest BCUT2D eigenvalue weighted by atomic mass is 9.99. The van der Waals surface area contributed by atoms with Gasteiger partial charge in [-0.1, -0.05) is 0 Å². The van der Waals surface area contributed by atoms with Gasteiger partial charge in [-0.2, -0.15) is 0 Å². The second-order valence-electron chi connectivity index (χ2n) is 2.99. The van der Waals surface area contributed by atoms with Crippen molar-refractivity contribution in [2.45, 2.75) is 30.7 Å². The van der Waals surface area contributed by atoms with Crippen molar-refractivity contribution >= 4 is 0 Å². The topological polar surface area (TPSA) is 105 Å². The fourth-order valence-corrected chi connectivity index (χ4v) is 1.31. The lowest BCUT2D eigenvalue weighted by Crippen LogP contribution is -2.59. The third-order valence-corrected chi connectivity index (χ3v) is 2.13. The van der Waals surface area contributed by atoms with E-state index in [1.807, 2.05) is 0 Å². The molecule has 1 rings (SSSR count). The molecular formula is C7H15NO5. The summed E-state index contributed by atoms with van der Waals surface area (Å²) in [7, 11) is 1.34. The number of ether oxygens (including phenoxy) is 2. The van der Waals surface area contributed by atoms with Crippen LogP contribution in [0.2, 0.25) is 0 Å². The van der Waals surface area contributed by atoms with E-state index in [9.17, 15) is 15.3 Å². The second kappa shape index (κ2) is 4.32.